The van der Waals surface area contributed by atoms with E-state index in [4.69, 9.17) is 0 Å². The largest absolute Gasteiger partial charge is 0.281 e. The van der Waals surface area contributed by atoms with Gasteiger partial charge < -0.3 is 0 Å². The molecule has 3 aromatic rings. The Labute approximate surface area is 130 Å². The Hall–Kier alpha value is -2.66. The van der Waals surface area contributed by atoms with Crippen LogP contribution in [0.4, 0.5) is 5.69 Å². The molecule has 0 spiro atoms. The van der Waals surface area contributed by atoms with Crippen LogP contribution in [0.3, 0.4) is 0 Å². The summed E-state index contributed by atoms with van der Waals surface area (Å²) in [6, 6.07) is 19.3. The fourth-order valence-electron chi connectivity index (χ4n) is 2.16. The molecule has 0 bridgehead atoms. The van der Waals surface area contributed by atoms with E-state index in [2.05, 4.69) is 0 Å². The molecule has 0 atom stereocenters. The number of fused-ring (bicyclic) bond motifs is 1. The number of non-ortho nitro benzene ring substituents is 1. The highest BCUT2D eigenvalue weighted by atomic mass is 32.2. The van der Waals surface area contributed by atoms with E-state index in [0.29, 0.717) is 5.56 Å². The van der Waals surface area contributed by atoms with Gasteiger partial charge in [0.05, 0.1) is 4.92 Å². The van der Waals surface area contributed by atoms with Gasteiger partial charge in [-0.3, -0.25) is 14.9 Å². The Kier molecular flexibility index (Phi) is 3.89. The van der Waals surface area contributed by atoms with Crippen LogP contribution in [0.15, 0.2) is 71.6 Å². The SMILES string of the molecule is O=C(Sc1cccc2ccccc12)c1ccc([N+](=O)[O-])cc1. The van der Waals surface area contributed by atoms with E-state index in [1.807, 2.05) is 42.5 Å². The number of carbonyl (C=O) groups excluding carboxylic acids is 1. The smallest absolute Gasteiger partial charge is 0.269 e. The lowest BCUT2D eigenvalue weighted by Crippen LogP contribution is -1.94. The fourth-order valence-corrected chi connectivity index (χ4v) is 3.06. The van der Waals surface area contributed by atoms with Crippen LogP contribution in [0.2, 0.25) is 0 Å². The zero-order valence-corrected chi connectivity index (χ0v) is 12.2. The number of nitro groups is 1. The van der Waals surface area contributed by atoms with Crippen LogP contribution in [0, 0.1) is 10.1 Å². The van der Waals surface area contributed by atoms with Gasteiger partial charge in [-0.05, 0) is 40.7 Å². The molecule has 0 amide bonds. The molecule has 3 rings (SSSR count). The van der Waals surface area contributed by atoms with Crippen LogP contribution < -0.4 is 0 Å². The molecule has 0 saturated heterocycles. The fraction of sp³-hybridized carbons (Fsp3) is 0. The van der Waals surface area contributed by atoms with Gasteiger partial charge in [0.25, 0.3) is 5.69 Å². The third kappa shape index (κ3) is 2.84. The van der Waals surface area contributed by atoms with Crippen LogP contribution in [-0.2, 0) is 0 Å². The molecule has 0 aromatic heterocycles. The number of nitrogens with zero attached hydrogens (tertiary/aromatic N) is 1. The van der Waals surface area contributed by atoms with Gasteiger partial charge in [-0.25, -0.2) is 0 Å². The number of thioether (sulfide) groups is 1. The van der Waals surface area contributed by atoms with Crippen LogP contribution in [0.1, 0.15) is 10.4 Å². The maximum atomic E-state index is 12.3. The zero-order valence-electron chi connectivity index (χ0n) is 11.4. The molecule has 0 radical (unpaired) electrons. The van der Waals surface area contributed by atoms with Crippen LogP contribution in [-0.4, -0.2) is 10.0 Å². The second kappa shape index (κ2) is 5.99. The average Bonchev–Trinajstić information content (AvgIpc) is 2.55. The van der Waals surface area contributed by atoms with Crippen molar-refractivity contribution in [1.29, 1.82) is 0 Å². The van der Waals surface area contributed by atoms with E-state index in [-0.39, 0.29) is 10.8 Å². The van der Waals surface area contributed by atoms with Crippen molar-refractivity contribution in [3.63, 3.8) is 0 Å². The van der Waals surface area contributed by atoms with Gasteiger partial charge in [0, 0.05) is 22.6 Å². The molecule has 0 N–H and O–H groups in total. The Balaban J connectivity index is 1.88. The van der Waals surface area contributed by atoms with Crippen molar-refractivity contribution in [2.75, 3.05) is 0 Å². The number of carbonyl (C=O) groups is 1. The average molecular weight is 309 g/mol. The minimum atomic E-state index is -0.480. The Morgan fingerprint density at radius 1 is 0.909 bits per heavy atom. The monoisotopic (exact) mass is 309 g/mol. The first-order valence-corrected chi connectivity index (χ1v) is 7.41. The minimum Gasteiger partial charge on any atom is -0.281 e. The van der Waals surface area contributed by atoms with Gasteiger partial charge >= 0.3 is 0 Å². The quantitative estimate of drug-likeness (QED) is 0.400. The van der Waals surface area contributed by atoms with Gasteiger partial charge in [0.1, 0.15) is 0 Å². The first kappa shape index (κ1) is 14.3. The van der Waals surface area contributed by atoms with Crippen LogP contribution >= 0.6 is 11.8 Å². The molecule has 0 heterocycles. The molecule has 3 aromatic carbocycles. The lowest BCUT2D eigenvalue weighted by Gasteiger charge is -2.05. The predicted molar refractivity (Wildman–Crippen MR) is 87.2 cm³/mol. The molecule has 0 fully saturated rings. The second-order valence-corrected chi connectivity index (χ2v) is 5.69. The van der Waals surface area contributed by atoms with Crippen molar-refractivity contribution in [2.45, 2.75) is 4.90 Å². The summed E-state index contributed by atoms with van der Waals surface area (Å²) in [7, 11) is 0. The molecule has 4 nitrogen and oxygen atoms in total. The molecule has 108 valence electrons. The molecule has 0 saturated carbocycles. The van der Waals surface area contributed by atoms with Gasteiger partial charge in [-0.2, -0.15) is 0 Å². The van der Waals surface area contributed by atoms with Crippen molar-refractivity contribution in [3.05, 3.63) is 82.4 Å². The highest BCUT2D eigenvalue weighted by molar-refractivity contribution is 8.14. The number of hydrogen-bond acceptors (Lipinski definition) is 4. The second-order valence-electron chi connectivity index (χ2n) is 4.67. The van der Waals surface area contributed by atoms with Crippen molar-refractivity contribution in [3.8, 4) is 0 Å². The summed E-state index contributed by atoms with van der Waals surface area (Å²) in [5.41, 5.74) is 0.426. The van der Waals surface area contributed by atoms with Crippen LogP contribution in [0.25, 0.3) is 10.8 Å². The van der Waals surface area contributed by atoms with E-state index in [1.165, 1.54) is 24.3 Å². The minimum absolute atomic E-state index is 0.0216. The molecule has 0 aliphatic rings. The molecule has 5 heteroatoms. The summed E-state index contributed by atoms with van der Waals surface area (Å²) >= 11 is 1.13. The third-order valence-corrected chi connectivity index (χ3v) is 4.26. The Morgan fingerprint density at radius 3 is 2.32 bits per heavy atom. The summed E-state index contributed by atoms with van der Waals surface area (Å²) < 4.78 is 0. The first-order valence-electron chi connectivity index (χ1n) is 6.59. The maximum Gasteiger partial charge on any atom is 0.269 e. The summed E-state index contributed by atoms with van der Waals surface area (Å²) in [6.07, 6.45) is 0. The van der Waals surface area contributed by atoms with Gasteiger partial charge in [0.2, 0.25) is 5.12 Å². The van der Waals surface area contributed by atoms with Crippen molar-refractivity contribution < 1.29 is 9.72 Å². The Bertz CT molecular complexity index is 854. The van der Waals surface area contributed by atoms with Gasteiger partial charge in [0.15, 0.2) is 0 Å². The van der Waals surface area contributed by atoms with Crippen molar-refractivity contribution in [2.24, 2.45) is 0 Å². The highest BCUT2D eigenvalue weighted by Gasteiger charge is 2.12. The topological polar surface area (TPSA) is 60.2 Å². The van der Waals surface area contributed by atoms with Crippen molar-refractivity contribution in [1.82, 2.24) is 0 Å². The normalized spacial score (nSPS) is 10.5. The first-order chi connectivity index (χ1) is 10.6. The maximum absolute atomic E-state index is 12.3. The molecular formula is C17H11NO3S. The molecule has 0 unspecified atom stereocenters. The van der Waals surface area contributed by atoms with Crippen molar-refractivity contribution >= 4 is 33.3 Å². The Morgan fingerprint density at radius 2 is 1.59 bits per heavy atom. The van der Waals surface area contributed by atoms with E-state index in [0.717, 1.165) is 27.4 Å². The zero-order chi connectivity index (χ0) is 15.5. The standard InChI is InChI=1S/C17H11NO3S/c19-17(13-8-10-14(11-9-13)18(20)21)22-16-7-3-5-12-4-1-2-6-15(12)16/h1-11H. The van der Waals surface area contributed by atoms with E-state index >= 15 is 0 Å². The highest BCUT2D eigenvalue weighted by Crippen LogP contribution is 2.30. The number of hydrogen-bond donors (Lipinski definition) is 0. The van der Waals surface area contributed by atoms with Gasteiger partial charge in [-0.1, -0.05) is 36.4 Å². The summed E-state index contributed by atoms with van der Waals surface area (Å²) in [6.45, 7) is 0. The molecule has 0 aliphatic carbocycles. The lowest BCUT2D eigenvalue weighted by molar-refractivity contribution is -0.384. The summed E-state index contributed by atoms with van der Waals surface area (Å²) in [4.78, 5) is 23.4. The van der Waals surface area contributed by atoms with E-state index in [1.54, 1.807) is 0 Å². The number of benzene rings is 3. The lowest BCUT2D eigenvalue weighted by atomic mass is 10.1. The molecule has 22 heavy (non-hydrogen) atoms. The summed E-state index contributed by atoms with van der Waals surface area (Å²) in [5.74, 6) is 0. The van der Waals surface area contributed by atoms with Crippen LogP contribution in [0.5, 0.6) is 0 Å². The summed E-state index contributed by atoms with van der Waals surface area (Å²) in [5, 5.41) is 12.6. The number of nitro benzene ring substituents is 1. The molecule has 0 aliphatic heterocycles. The predicted octanol–water partition coefficient (Wildman–Crippen LogP) is 4.68. The molecular weight excluding hydrogens is 298 g/mol. The third-order valence-electron chi connectivity index (χ3n) is 3.27. The van der Waals surface area contributed by atoms with E-state index in [9.17, 15) is 14.9 Å². The number of rotatable bonds is 3. The van der Waals surface area contributed by atoms with E-state index < -0.39 is 4.92 Å². The van der Waals surface area contributed by atoms with Gasteiger partial charge in [-0.15, -0.1) is 0 Å².